The Morgan fingerprint density at radius 3 is 2.56 bits per heavy atom. The average molecular weight is 337 g/mol. The summed E-state index contributed by atoms with van der Waals surface area (Å²) in [6, 6.07) is 16.0. The summed E-state index contributed by atoms with van der Waals surface area (Å²) in [6.45, 7) is 6.43. The normalized spacial score (nSPS) is 16.2. The zero-order valence-corrected chi connectivity index (χ0v) is 14.7. The maximum atomic E-state index is 6.08. The second-order valence-electron chi connectivity index (χ2n) is 6.54. The molecule has 0 unspecified atom stereocenters. The molecule has 1 aliphatic heterocycles. The minimum absolute atomic E-state index is 0.186. The minimum atomic E-state index is -0.620. The lowest BCUT2D eigenvalue weighted by Crippen LogP contribution is -2.54. The molecule has 0 radical (unpaired) electrons. The molecule has 0 aromatic heterocycles. The van der Waals surface area contributed by atoms with Crippen molar-refractivity contribution in [3.8, 4) is 5.75 Å². The van der Waals surface area contributed by atoms with E-state index >= 15 is 0 Å². The molecule has 0 amide bonds. The minimum Gasteiger partial charge on any atom is -0.489 e. The standard InChI is InChI=1S/C19H23N5O/c1-13-6-4-7-14(10-13)12-25-16-9-5-8-15(11-16)24-18(21)22-17(20)23-19(24,2)3/h4-11H,12H2,1-3H3,(H4,20,21,22,23). The highest BCUT2D eigenvalue weighted by Gasteiger charge is 2.33. The molecule has 0 aliphatic carbocycles. The van der Waals surface area contributed by atoms with E-state index in [4.69, 9.17) is 16.2 Å². The van der Waals surface area contributed by atoms with Crippen molar-refractivity contribution in [1.82, 2.24) is 0 Å². The first-order valence-electron chi connectivity index (χ1n) is 8.13. The van der Waals surface area contributed by atoms with Gasteiger partial charge in [0.25, 0.3) is 0 Å². The van der Waals surface area contributed by atoms with Crippen molar-refractivity contribution < 1.29 is 4.74 Å². The van der Waals surface area contributed by atoms with Crippen LogP contribution in [0.1, 0.15) is 25.0 Å². The van der Waals surface area contributed by atoms with Crippen molar-refractivity contribution in [1.29, 1.82) is 0 Å². The van der Waals surface area contributed by atoms with Gasteiger partial charge in [-0.3, -0.25) is 4.90 Å². The predicted molar refractivity (Wildman–Crippen MR) is 102 cm³/mol. The van der Waals surface area contributed by atoms with Crippen molar-refractivity contribution in [3.05, 3.63) is 59.7 Å². The van der Waals surface area contributed by atoms with E-state index in [1.807, 2.05) is 55.1 Å². The summed E-state index contributed by atoms with van der Waals surface area (Å²) in [6.07, 6.45) is 0. The smallest absolute Gasteiger partial charge is 0.220 e. The zero-order valence-electron chi connectivity index (χ0n) is 14.7. The van der Waals surface area contributed by atoms with Gasteiger partial charge in [0.15, 0.2) is 0 Å². The number of rotatable bonds is 4. The highest BCUT2D eigenvalue weighted by Crippen LogP contribution is 2.30. The third-order valence-electron chi connectivity index (χ3n) is 3.96. The molecule has 2 aromatic carbocycles. The van der Waals surface area contributed by atoms with Crippen molar-refractivity contribution in [2.45, 2.75) is 33.0 Å². The summed E-state index contributed by atoms with van der Waals surface area (Å²) in [4.78, 5) is 10.3. The molecule has 1 heterocycles. The molecule has 130 valence electrons. The van der Waals surface area contributed by atoms with E-state index in [0.717, 1.165) is 17.0 Å². The molecule has 2 aromatic rings. The number of ether oxygens (including phenoxy) is 1. The van der Waals surface area contributed by atoms with E-state index in [-0.39, 0.29) is 5.96 Å². The molecule has 3 rings (SSSR count). The molecular weight excluding hydrogens is 314 g/mol. The molecule has 6 heteroatoms. The van der Waals surface area contributed by atoms with Gasteiger partial charge in [-0.05, 0) is 38.5 Å². The third-order valence-corrected chi connectivity index (χ3v) is 3.96. The van der Waals surface area contributed by atoms with E-state index in [1.165, 1.54) is 5.56 Å². The van der Waals surface area contributed by atoms with Crippen LogP contribution in [0.2, 0.25) is 0 Å². The van der Waals surface area contributed by atoms with Crippen LogP contribution >= 0.6 is 0 Å². The van der Waals surface area contributed by atoms with Gasteiger partial charge in [-0.1, -0.05) is 35.9 Å². The van der Waals surface area contributed by atoms with Gasteiger partial charge in [0.1, 0.15) is 18.0 Å². The van der Waals surface area contributed by atoms with Crippen molar-refractivity contribution in [2.24, 2.45) is 21.5 Å². The lowest BCUT2D eigenvalue weighted by molar-refractivity contribution is 0.306. The topological polar surface area (TPSA) is 89.2 Å². The van der Waals surface area contributed by atoms with Crippen LogP contribution in [0, 0.1) is 6.92 Å². The first-order chi connectivity index (χ1) is 11.8. The number of nitrogens with zero attached hydrogens (tertiary/aromatic N) is 3. The second-order valence-corrected chi connectivity index (χ2v) is 6.54. The number of anilines is 1. The fraction of sp³-hybridized carbons (Fsp3) is 0.263. The summed E-state index contributed by atoms with van der Waals surface area (Å²) in [5.74, 6) is 1.25. The lowest BCUT2D eigenvalue weighted by Gasteiger charge is -2.38. The number of hydrogen-bond acceptors (Lipinski definition) is 6. The lowest BCUT2D eigenvalue weighted by atomic mass is 10.1. The summed E-state index contributed by atoms with van der Waals surface area (Å²) < 4.78 is 5.94. The molecule has 25 heavy (non-hydrogen) atoms. The Kier molecular flexibility index (Phi) is 4.35. The van der Waals surface area contributed by atoms with Gasteiger partial charge in [-0.25, -0.2) is 4.99 Å². The van der Waals surface area contributed by atoms with E-state index in [0.29, 0.717) is 12.6 Å². The molecule has 0 bridgehead atoms. The average Bonchev–Trinajstić information content (AvgIpc) is 2.51. The van der Waals surface area contributed by atoms with Crippen LogP contribution < -0.4 is 21.1 Å². The van der Waals surface area contributed by atoms with E-state index in [9.17, 15) is 0 Å². The molecule has 6 nitrogen and oxygen atoms in total. The Morgan fingerprint density at radius 2 is 1.84 bits per heavy atom. The largest absolute Gasteiger partial charge is 0.489 e. The predicted octanol–water partition coefficient (Wildman–Crippen LogP) is 2.76. The Hall–Kier alpha value is -3.02. The fourth-order valence-electron chi connectivity index (χ4n) is 2.93. The number of nitrogens with two attached hydrogens (primary N) is 2. The molecule has 0 saturated heterocycles. The van der Waals surface area contributed by atoms with Gasteiger partial charge < -0.3 is 16.2 Å². The van der Waals surface area contributed by atoms with Crippen LogP contribution in [-0.4, -0.2) is 17.6 Å². The van der Waals surface area contributed by atoms with Crippen molar-refractivity contribution >= 4 is 17.6 Å². The SMILES string of the molecule is Cc1cccc(COc2cccc(N3C(N)=NC(N)=NC3(C)C)c2)c1. The molecule has 0 spiro atoms. The van der Waals surface area contributed by atoms with Gasteiger partial charge in [-0.15, -0.1) is 0 Å². The Morgan fingerprint density at radius 1 is 1.08 bits per heavy atom. The Labute approximate surface area is 147 Å². The van der Waals surface area contributed by atoms with E-state index < -0.39 is 5.66 Å². The molecule has 1 aliphatic rings. The van der Waals surface area contributed by atoms with Crippen LogP contribution in [0.25, 0.3) is 0 Å². The van der Waals surface area contributed by atoms with Crippen LogP contribution in [0.4, 0.5) is 5.69 Å². The number of aliphatic imine (C=N–C) groups is 2. The highest BCUT2D eigenvalue weighted by molar-refractivity contribution is 6.05. The molecular formula is C19H23N5O. The van der Waals surface area contributed by atoms with Crippen LogP contribution in [0.5, 0.6) is 5.75 Å². The van der Waals surface area contributed by atoms with Gasteiger partial charge in [0, 0.05) is 11.8 Å². The van der Waals surface area contributed by atoms with Gasteiger partial charge >= 0.3 is 0 Å². The molecule has 0 fully saturated rings. The van der Waals surface area contributed by atoms with Crippen LogP contribution in [-0.2, 0) is 6.61 Å². The molecule has 4 N–H and O–H groups in total. The number of benzene rings is 2. The van der Waals surface area contributed by atoms with E-state index in [1.54, 1.807) is 0 Å². The maximum Gasteiger partial charge on any atom is 0.220 e. The summed E-state index contributed by atoms with van der Waals surface area (Å²) in [5, 5.41) is 0. The quantitative estimate of drug-likeness (QED) is 0.898. The van der Waals surface area contributed by atoms with Crippen LogP contribution in [0.3, 0.4) is 0 Å². The number of aryl methyl sites for hydroxylation is 1. The van der Waals surface area contributed by atoms with E-state index in [2.05, 4.69) is 29.0 Å². The van der Waals surface area contributed by atoms with Crippen LogP contribution in [0.15, 0.2) is 58.5 Å². The molecule has 0 atom stereocenters. The second kappa shape index (κ2) is 6.47. The monoisotopic (exact) mass is 337 g/mol. The Balaban J connectivity index is 1.81. The first kappa shape index (κ1) is 16.8. The van der Waals surface area contributed by atoms with Gasteiger partial charge in [0.05, 0.1) is 0 Å². The number of hydrogen-bond donors (Lipinski definition) is 2. The maximum absolute atomic E-state index is 6.08. The van der Waals surface area contributed by atoms with Crippen molar-refractivity contribution in [2.75, 3.05) is 4.90 Å². The summed E-state index contributed by atoms with van der Waals surface area (Å²) in [7, 11) is 0. The van der Waals surface area contributed by atoms with Gasteiger partial charge in [0.2, 0.25) is 11.9 Å². The van der Waals surface area contributed by atoms with Crippen molar-refractivity contribution in [3.63, 3.8) is 0 Å². The first-order valence-corrected chi connectivity index (χ1v) is 8.13. The Bertz CT molecular complexity index is 841. The highest BCUT2D eigenvalue weighted by atomic mass is 16.5. The third kappa shape index (κ3) is 3.74. The van der Waals surface area contributed by atoms with Gasteiger partial charge in [-0.2, -0.15) is 4.99 Å². The zero-order chi connectivity index (χ0) is 18.0. The number of guanidine groups is 2. The molecule has 0 saturated carbocycles. The fourth-order valence-corrected chi connectivity index (χ4v) is 2.93. The summed E-state index contributed by atoms with van der Waals surface area (Å²) in [5.41, 5.74) is 14.4. The summed E-state index contributed by atoms with van der Waals surface area (Å²) >= 11 is 0.